The van der Waals surface area contributed by atoms with E-state index in [4.69, 9.17) is 0 Å². The zero-order valence-corrected chi connectivity index (χ0v) is 12.0. The molecule has 0 fully saturated rings. The monoisotopic (exact) mass is 295 g/mol. The van der Waals surface area contributed by atoms with Crippen molar-refractivity contribution in [3.63, 3.8) is 0 Å². The Morgan fingerprint density at radius 2 is 2.14 bits per heavy atom. The first-order valence-electron chi connectivity index (χ1n) is 7.14. The minimum absolute atomic E-state index is 0.430. The van der Waals surface area contributed by atoms with Crippen LogP contribution in [0, 0.1) is 0 Å². The van der Waals surface area contributed by atoms with Gasteiger partial charge in [-0.05, 0) is 23.3 Å². The van der Waals surface area contributed by atoms with Crippen LogP contribution in [-0.2, 0) is 17.8 Å². The maximum atomic E-state index is 11.5. The molecule has 5 heteroatoms. The van der Waals surface area contributed by atoms with E-state index in [-0.39, 0.29) is 0 Å². The van der Waals surface area contributed by atoms with Crippen LogP contribution in [0.3, 0.4) is 0 Å². The minimum atomic E-state index is -0.853. The number of fused-ring (bicyclic) bond motifs is 1. The lowest BCUT2D eigenvalue weighted by atomic mass is 10.0. The second-order valence-corrected chi connectivity index (χ2v) is 5.20. The van der Waals surface area contributed by atoms with Crippen LogP contribution in [0.1, 0.15) is 11.1 Å². The van der Waals surface area contributed by atoms with Crippen molar-refractivity contribution < 1.29 is 9.90 Å². The van der Waals surface area contributed by atoms with E-state index in [1.807, 2.05) is 42.6 Å². The number of hydrogen-bond donors (Lipinski definition) is 3. The Morgan fingerprint density at radius 3 is 2.91 bits per heavy atom. The van der Waals surface area contributed by atoms with Gasteiger partial charge in [0.1, 0.15) is 6.04 Å². The van der Waals surface area contributed by atoms with Crippen molar-refractivity contribution in [2.75, 3.05) is 0 Å². The molecule has 0 aliphatic heterocycles. The Kier molecular flexibility index (Phi) is 4.16. The number of benzene rings is 1. The zero-order valence-electron chi connectivity index (χ0n) is 12.0. The van der Waals surface area contributed by atoms with Gasteiger partial charge in [0.2, 0.25) is 0 Å². The van der Waals surface area contributed by atoms with Crippen LogP contribution >= 0.6 is 0 Å². The van der Waals surface area contributed by atoms with E-state index >= 15 is 0 Å². The number of carboxylic acids is 1. The van der Waals surface area contributed by atoms with E-state index in [0.29, 0.717) is 13.0 Å². The molecule has 0 saturated heterocycles. The molecule has 0 spiro atoms. The first kappa shape index (κ1) is 14.3. The van der Waals surface area contributed by atoms with E-state index in [0.717, 1.165) is 22.0 Å². The number of nitrogens with zero attached hydrogens (tertiary/aromatic N) is 1. The predicted octanol–water partition coefficient (Wildman–Crippen LogP) is 2.35. The maximum absolute atomic E-state index is 11.5. The highest BCUT2D eigenvalue weighted by molar-refractivity contribution is 5.84. The van der Waals surface area contributed by atoms with Crippen molar-refractivity contribution in [1.29, 1.82) is 0 Å². The molecule has 112 valence electrons. The molecule has 0 aliphatic rings. The van der Waals surface area contributed by atoms with Crippen LogP contribution in [-0.4, -0.2) is 27.1 Å². The number of pyridine rings is 1. The number of aromatic amines is 1. The fourth-order valence-corrected chi connectivity index (χ4v) is 2.51. The molecule has 5 nitrogen and oxygen atoms in total. The molecule has 3 aromatic rings. The van der Waals surface area contributed by atoms with E-state index in [2.05, 4.69) is 15.3 Å². The van der Waals surface area contributed by atoms with Gasteiger partial charge in [0.05, 0.1) is 0 Å². The first-order chi connectivity index (χ1) is 10.7. The average Bonchev–Trinajstić information content (AvgIpc) is 2.95. The number of carboxylic acid groups (broad SMARTS) is 1. The lowest BCUT2D eigenvalue weighted by Gasteiger charge is -2.14. The first-order valence-corrected chi connectivity index (χ1v) is 7.14. The third kappa shape index (κ3) is 3.15. The number of H-pyrrole nitrogens is 1. The van der Waals surface area contributed by atoms with E-state index in [1.54, 1.807) is 12.4 Å². The molecule has 1 aromatic carbocycles. The van der Waals surface area contributed by atoms with Crippen molar-refractivity contribution in [3.8, 4) is 0 Å². The van der Waals surface area contributed by atoms with Crippen LogP contribution in [0.25, 0.3) is 10.9 Å². The van der Waals surface area contributed by atoms with E-state index in [9.17, 15) is 9.90 Å². The van der Waals surface area contributed by atoms with Gasteiger partial charge in [-0.1, -0.05) is 24.3 Å². The van der Waals surface area contributed by atoms with Gasteiger partial charge in [0, 0.05) is 42.5 Å². The summed E-state index contributed by atoms with van der Waals surface area (Å²) in [7, 11) is 0. The molecule has 0 bridgehead atoms. The summed E-state index contributed by atoms with van der Waals surface area (Å²) in [6.07, 6.45) is 5.74. The van der Waals surface area contributed by atoms with Crippen molar-refractivity contribution in [1.82, 2.24) is 15.3 Å². The van der Waals surface area contributed by atoms with Crippen molar-refractivity contribution in [2.45, 2.75) is 19.0 Å². The predicted molar refractivity (Wildman–Crippen MR) is 84.5 cm³/mol. The Labute approximate surface area is 128 Å². The quantitative estimate of drug-likeness (QED) is 0.652. The fraction of sp³-hybridized carbons (Fsp3) is 0.176. The van der Waals surface area contributed by atoms with Gasteiger partial charge in [-0.2, -0.15) is 0 Å². The number of nitrogens with one attached hydrogen (secondary N) is 2. The second-order valence-electron chi connectivity index (χ2n) is 5.20. The molecule has 1 atom stereocenters. The fourth-order valence-electron chi connectivity index (χ4n) is 2.51. The van der Waals surface area contributed by atoms with Crippen molar-refractivity contribution >= 4 is 16.9 Å². The summed E-state index contributed by atoms with van der Waals surface area (Å²) < 4.78 is 0. The largest absolute Gasteiger partial charge is 0.480 e. The number of aromatic nitrogens is 2. The summed E-state index contributed by atoms with van der Waals surface area (Å²) in [6.45, 7) is 0.479. The van der Waals surface area contributed by atoms with Gasteiger partial charge in [-0.3, -0.25) is 15.1 Å². The van der Waals surface area contributed by atoms with Gasteiger partial charge in [0.15, 0.2) is 0 Å². The summed E-state index contributed by atoms with van der Waals surface area (Å²) in [5.74, 6) is -0.853. The molecule has 2 heterocycles. The second kappa shape index (κ2) is 6.41. The number of hydrogen-bond acceptors (Lipinski definition) is 3. The lowest BCUT2D eigenvalue weighted by molar-refractivity contribution is -0.139. The highest BCUT2D eigenvalue weighted by Crippen LogP contribution is 2.19. The minimum Gasteiger partial charge on any atom is -0.480 e. The average molecular weight is 295 g/mol. The number of aliphatic carboxylic acids is 1. The van der Waals surface area contributed by atoms with Gasteiger partial charge in [0.25, 0.3) is 0 Å². The molecule has 0 radical (unpaired) electrons. The van der Waals surface area contributed by atoms with Crippen LogP contribution in [0.2, 0.25) is 0 Å². The molecule has 22 heavy (non-hydrogen) atoms. The van der Waals surface area contributed by atoms with Crippen LogP contribution < -0.4 is 5.32 Å². The van der Waals surface area contributed by atoms with Crippen LogP contribution in [0.4, 0.5) is 0 Å². The van der Waals surface area contributed by atoms with Gasteiger partial charge < -0.3 is 10.1 Å². The standard InChI is InChI=1S/C17H17N3O2/c21-17(22)16(19-10-12-4-3-7-18-9-12)8-13-11-20-15-6-2-1-5-14(13)15/h1-7,9,11,16,19-20H,8,10H2,(H,21,22)/t16-/m0/s1. The van der Waals surface area contributed by atoms with E-state index < -0.39 is 12.0 Å². The third-order valence-corrected chi connectivity index (χ3v) is 3.67. The zero-order chi connectivity index (χ0) is 15.4. The topological polar surface area (TPSA) is 78.0 Å². The van der Waals surface area contributed by atoms with Crippen LogP contribution in [0.5, 0.6) is 0 Å². The van der Waals surface area contributed by atoms with Crippen molar-refractivity contribution in [2.24, 2.45) is 0 Å². The number of carbonyl (C=O) groups is 1. The molecule has 0 saturated carbocycles. The molecule has 3 rings (SSSR count). The van der Waals surface area contributed by atoms with Gasteiger partial charge in [-0.25, -0.2) is 0 Å². The maximum Gasteiger partial charge on any atom is 0.321 e. The van der Waals surface area contributed by atoms with Gasteiger partial charge >= 0.3 is 5.97 Å². The summed E-state index contributed by atoms with van der Waals surface area (Å²) in [6, 6.07) is 11.0. The number of para-hydroxylation sites is 1. The lowest BCUT2D eigenvalue weighted by Crippen LogP contribution is -2.38. The molecular weight excluding hydrogens is 278 g/mol. The van der Waals surface area contributed by atoms with Crippen LogP contribution in [0.15, 0.2) is 55.0 Å². The number of rotatable bonds is 6. The SMILES string of the molecule is O=C(O)[C@H](Cc1c[nH]c2ccccc12)NCc1cccnc1. The smallest absolute Gasteiger partial charge is 0.321 e. The third-order valence-electron chi connectivity index (χ3n) is 3.67. The highest BCUT2D eigenvalue weighted by atomic mass is 16.4. The molecular formula is C17H17N3O2. The molecule has 2 aromatic heterocycles. The Balaban J connectivity index is 1.73. The normalized spacial score (nSPS) is 12.4. The van der Waals surface area contributed by atoms with Gasteiger partial charge in [-0.15, -0.1) is 0 Å². The Morgan fingerprint density at radius 1 is 1.27 bits per heavy atom. The summed E-state index contributed by atoms with van der Waals surface area (Å²) in [4.78, 5) is 18.7. The molecule has 0 unspecified atom stereocenters. The molecule has 0 aliphatic carbocycles. The molecule has 0 amide bonds. The summed E-state index contributed by atoms with van der Waals surface area (Å²) in [5, 5.41) is 13.6. The molecule has 3 N–H and O–H groups in total. The highest BCUT2D eigenvalue weighted by Gasteiger charge is 2.19. The summed E-state index contributed by atoms with van der Waals surface area (Å²) >= 11 is 0. The Hall–Kier alpha value is -2.66. The Bertz CT molecular complexity index is 768. The van der Waals surface area contributed by atoms with E-state index in [1.165, 1.54) is 0 Å². The summed E-state index contributed by atoms with van der Waals surface area (Å²) in [5.41, 5.74) is 2.99. The van der Waals surface area contributed by atoms with Crippen molar-refractivity contribution in [3.05, 3.63) is 66.1 Å².